The van der Waals surface area contributed by atoms with Gasteiger partial charge in [-0.05, 0) is 38.4 Å². The van der Waals surface area contributed by atoms with Crippen LogP contribution in [0.2, 0.25) is 0 Å². The molecule has 0 bridgehead atoms. The van der Waals surface area contributed by atoms with E-state index >= 15 is 0 Å². The lowest BCUT2D eigenvalue weighted by Crippen LogP contribution is -2.49. The molecular weight excluding hydrogens is 421 g/mol. The summed E-state index contributed by atoms with van der Waals surface area (Å²) >= 11 is 0. The Bertz CT molecular complexity index is 1130. The van der Waals surface area contributed by atoms with Crippen LogP contribution in [0.3, 0.4) is 0 Å². The number of amides is 1. The van der Waals surface area contributed by atoms with Crippen LogP contribution in [0, 0.1) is 13.8 Å². The van der Waals surface area contributed by atoms with Crippen molar-refractivity contribution in [3.8, 4) is 0 Å². The summed E-state index contributed by atoms with van der Waals surface area (Å²) in [5.74, 6) is -1.30. The first kappa shape index (κ1) is 22.2. The number of benzene rings is 1. The maximum atomic E-state index is 13.2. The molecule has 170 valence electrons. The molecule has 1 aliphatic rings. The van der Waals surface area contributed by atoms with Crippen molar-refractivity contribution in [1.29, 1.82) is 0 Å². The van der Waals surface area contributed by atoms with Gasteiger partial charge < -0.3 is 9.80 Å². The van der Waals surface area contributed by atoms with Gasteiger partial charge in [0, 0.05) is 37.4 Å². The lowest BCUT2D eigenvalue weighted by atomic mass is 10.0. The number of piperazine rings is 1. The zero-order valence-electron chi connectivity index (χ0n) is 18.2. The summed E-state index contributed by atoms with van der Waals surface area (Å²) in [6.45, 7) is 5.57. The van der Waals surface area contributed by atoms with Crippen molar-refractivity contribution < 1.29 is 18.0 Å². The quantitative estimate of drug-likeness (QED) is 0.616. The average molecular weight is 446 g/mol. The second-order valence-electron chi connectivity index (χ2n) is 8.18. The van der Waals surface area contributed by atoms with Crippen molar-refractivity contribution in [3.63, 3.8) is 0 Å². The van der Waals surface area contributed by atoms with Crippen molar-refractivity contribution >= 4 is 11.7 Å². The summed E-state index contributed by atoms with van der Waals surface area (Å²) in [5, 5.41) is 3.58. The lowest BCUT2D eigenvalue weighted by molar-refractivity contribution is -0.144. The number of carbonyl (C=O) groups excluding carboxylic acids is 1. The molecule has 1 aliphatic heterocycles. The Kier molecular flexibility index (Phi) is 5.89. The molecule has 1 aromatic carbocycles. The van der Waals surface area contributed by atoms with E-state index in [4.69, 9.17) is 0 Å². The third-order valence-corrected chi connectivity index (χ3v) is 5.98. The predicted molar refractivity (Wildman–Crippen MR) is 112 cm³/mol. The number of rotatable bonds is 4. The number of aryl methyl sites for hydroxylation is 2. The molecule has 0 saturated carbocycles. The van der Waals surface area contributed by atoms with Gasteiger partial charge in [-0.1, -0.05) is 30.3 Å². The molecule has 3 heterocycles. The fourth-order valence-corrected chi connectivity index (χ4v) is 4.24. The van der Waals surface area contributed by atoms with E-state index in [0.717, 1.165) is 28.7 Å². The number of fused-ring (bicyclic) bond motifs is 1. The van der Waals surface area contributed by atoms with E-state index < -0.39 is 12.0 Å². The van der Waals surface area contributed by atoms with Gasteiger partial charge in [0.1, 0.15) is 0 Å². The summed E-state index contributed by atoms with van der Waals surface area (Å²) in [5.41, 5.74) is 2.88. The van der Waals surface area contributed by atoms with Crippen LogP contribution in [0.1, 0.15) is 40.8 Å². The molecule has 4 rings (SSSR count). The van der Waals surface area contributed by atoms with Crippen molar-refractivity contribution in [1.82, 2.24) is 29.4 Å². The molecule has 3 aromatic rings. The topological polar surface area (TPSA) is 66.6 Å². The zero-order valence-corrected chi connectivity index (χ0v) is 18.2. The van der Waals surface area contributed by atoms with Crippen LogP contribution >= 0.6 is 0 Å². The van der Waals surface area contributed by atoms with Crippen LogP contribution in [0.25, 0.3) is 5.78 Å². The Morgan fingerprint density at radius 2 is 1.84 bits per heavy atom. The predicted octanol–water partition coefficient (Wildman–Crippen LogP) is 3.21. The highest BCUT2D eigenvalue weighted by molar-refractivity contribution is 5.77. The second kappa shape index (κ2) is 8.50. The minimum atomic E-state index is -4.64. The highest BCUT2D eigenvalue weighted by Crippen LogP contribution is 2.28. The first-order valence-electron chi connectivity index (χ1n) is 10.5. The fourth-order valence-electron chi connectivity index (χ4n) is 4.24. The molecule has 1 atom stereocenters. The van der Waals surface area contributed by atoms with Gasteiger partial charge in [0.25, 0.3) is 11.6 Å². The first-order valence-corrected chi connectivity index (χ1v) is 10.5. The van der Waals surface area contributed by atoms with Crippen LogP contribution < -0.4 is 0 Å². The number of hydrogen-bond acceptors (Lipinski definition) is 5. The Morgan fingerprint density at radius 1 is 1.12 bits per heavy atom. The number of likely N-dealkylation sites (N-methyl/N-ethyl adjacent to an activating group) is 1. The number of nitrogens with zero attached hydrogens (tertiary/aromatic N) is 6. The summed E-state index contributed by atoms with van der Waals surface area (Å²) in [4.78, 5) is 25.0. The van der Waals surface area contributed by atoms with Gasteiger partial charge >= 0.3 is 6.18 Å². The number of hydrogen-bond donors (Lipinski definition) is 0. The minimum Gasteiger partial charge on any atom is -0.333 e. The Balaban J connectivity index is 1.55. The summed E-state index contributed by atoms with van der Waals surface area (Å²) < 4.78 is 40.1. The third-order valence-electron chi connectivity index (χ3n) is 5.98. The average Bonchev–Trinajstić information content (AvgIpc) is 3.19. The molecule has 2 aromatic heterocycles. The highest BCUT2D eigenvalue weighted by Gasteiger charge is 2.37. The summed E-state index contributed by atoms with van der Waals surface area (Å²) in [6.07, 6.45) is -4.03. The van der Waals surface area contributed by atoms with Crippen molar-refractivity contribution in [2.24, 2.45) is 0 Å². The molecule has 0 spiro atoms. The molecule has 32 heavy (non-hydrogen) atoms. The van der Waals surface area contributed by atoms with Gasteiger partial charge in [-0.25, -0.2) is 9.50 Å². The van der Waals surface area contributed by atoms with Crippen LogP contribution in [0.15, 0.2) is 30.3 Å². The van der Waals surface area contributed by atoms with Crippen molar-refractivity contribution in [3.05, 3.63) is 58.7 Å². The van der Waals surface area contributed by atoms with Crippen LogP contribution in [-0.2, 0) is 17.4 Å². The molecular formula is C22H25F3N6O. The van der Waals surface area contributed by atoms with E-state index in [9.17, 15) is 18.0 Å². The van der Waals surface area contributed by atoms with Gasteiger partial charge in [0.2, 0.25) is 5.91 Å². The molecule has 0 N–H and O–H groups in total. The maximum absolute atomic E-state index is 13.2. The van der Waals surface area contributed by atoms with Crippen LogP contribution in [-0.4, -0.2) is 62.0 Å². The highest BCUT2D eigenvalue weighted by atomic mass is 19.4. The molecule has 0 radical (unpaired) electrons. The molecule has 10 heteroatoms. The molecule has 0 aliphatic carbocycles. The lowest BCUT2D eigenvalue weighted by Gasteiger charge is -2.40. The Morgan fingerprint density at radius 3 is 2.53 bits per heavy atom. The zero-order chi connectivity index (χ0) is 23.0. The van der Waals surface area contributed by atoms with Gasteiger partial charge in [0.15, 0.2) is 0 Å². The number of aromatic nitrogens is 4. The Labute approximate surface area is 183 Å². The van der Waals surface area contributed by atoms with Crippen molar-refractivity contribution in [2.75, 3.05) is 26.7 Å². The third kappa shape index (κ3) is 4.32. The normalized spacial score (nSPS) is 17.8. The monoisotopic (exact) mass is 446 g/mol. The van der Waals surface area contributed by atoms with Gasteiger partial charge in [0.05, 0.1) is 6.04 Å². The van der Waals surface area contributed by atoms with Crippen LogP contribution in [0.5, 0.6) is 0 Å². The molecule has 1 saturated heterocycles. The molecule has 1 fully saturated rings. The minimum absolute atomic E-state index is 0.0143. The van der Waals surface area contributed by atoms with Gasteiger partial charge in [-0.2, -0.15) is 18.2 Å². The van der Waals surface area contributed by atoms with E-state index in [2.05, 4.69) is 20.0 Å². The van der Waals surface area contributed by atoms with Crippen molar-refractivity contribution in [2.45, 2.75) is 38.9 Å². The SMILES string of the molecule is Cc1nc2nc(C(F)(F)F)nn2c(C)c1CCC(=O)N1CCN(C)C[C@@H]1c1ccccc1. The largest absolute Gasteiger partial charge is 0.453 e. The van der Waals surface area contributed by atoms with E-state index in [1.165, 1.54) is 0 Å². The molecule has 0 unspecified atom stereocenters. The van der Waals surface area contributed by atoms with E-state index in [-0.39, 0.29) is 24.1 Å². The molecule has 1 amide bonds. The second-order valence-corrected chi connectivity index (χ2v) is 8.18. The number of halogens is 3. The maximum Gasteiger partial charge on any atom is 0.453 e. The van der Waals surface area contributed by atoms with E-state index in [1.807, 2.05) is 42.3 Å². The van der Waals surface area contributed by atoms with Gasteiger partial charge in [-0.3, -0.25) is 4.79 Å². The fraction of sp³-hybridized carbons (Fsp3) is 0.455. The number of carbonyl (C=O) groups is 1. The number of alkyl halides is 3. The first-order chi connectivity index (χ1) is 15.1. The van der Waals surface area contributed by atoms with Crippen LogP contribution in [0.4, 0.5) is 13.2 Å². The smallest absolute Gasteiger partial charge is 0.333 e. The van der Waals surface area contributed by atoms with Gasteiger partial charge in [-0.15, -0.1) is 5.10 Å². The standard InChI is InChI=1S/C22H25F3N6O/c1-14-17(15(2)31-21(26-14)27-20(28-31)22(23,24)25)9-10-19(32)30-12-11-29(3)13-18(30)16-7-5-4-6-8-16/h4-8,18H,9-13H2,1-3H3/t18-/m1/s1. The summed E-state index contributed by atoms with van der Waals surface area (Å²) in [6, 6.07) is 9.90. The van der Waals surface area contributed by atoms with E-state index in [0.29, 0.717) is 24.4 Å². The van der Waals surface area contributed by atoms with E-state index in [1.54, 1.807) is 13.8 Å². The summed E-state index contributed by atoms with van der Waals surface area (Å²) in [7, 11) is 2.04. The Hall–Kier alpha value is -3.01. The molecule has 7 nitrogen and oxygen atoms in total.